The third-order valence-electron chi connectivity index (χ3n) is 5.64. The second-order valence-electron chi connectivity index (χ2n) is 8.24. The first-order valence-electron chi connectivity index (χ1n) is 11.8. The summed E-state index contributed by atoms with van der Waals surface area (Å²) in [5, 5.41) is 0. The fourth-order valence-corrected chi connectivity index (χ4v) is 3.50. The fourth-order valence-electron chi connectivity index (χ4n) is 3.50. The number of carbonyl (C=O) groups is 2. The number of nitrogen functional groups attached to an aromatic ring is 1. The number of fused-ring (bicyclic) bond motifs is 1. The number of nitrogens with two attached hydrogens (primary N) is 1. The number of rotatable bonds is 15. The Balaban J connectivity index is 2.33. The zero-order chi connectivity index (χ0) is 25.8. The van der Waals surface area contributed by atoms with Crippen molar-refractivity contribution in [2.75, 3.05) is 19.5 Å². The van der Waals surface area contributed by atoms with E-state index in [-0.39, 0.29) is 43.0 Å². The molecular weight excluding hydrogens is 457 g/mol. The van der Waals surface area contributed by atoms with E-state index >= 15 is 0 Å². The van der Waals surface area contributed by atoms with Gasteiger partial charge in [0.1, 0.15) is 12.1 Å². The molecule has 0 aliphatic rings. The highest BCUT2D eigenvalue weighted by molar-refractivity contribution is 5.81. The summed E-state index contributed by atoms with van der Waals surface area (Å²) in [4.78, 5) is 36.2. The highest BCUT2D eigenvalue weighted by Gasteiger charge is 2.42. The summed E-state index contributed by atoms with van der Waals surface area (Å²) < 4.78 is 32.0. The third kappa shape index (κ3) is 7.62. The number of methoxy groups -OCH3 is 1. The molecule has 2 heterocycles. The van der Waals surface area contributed by atoms with Gasteiger partial charge < -0.3 is 24.5 Å². The van der Waals surface area contributed by atoms with Crippen molar-refractivity contribution in [1.29, 1.82) is 0 Å². The van der Waals surface area contributed by atoms with Gasteiger partial charge in [0.2, 0.25) is 5.60 Å². The molecule has 2 aromatic rings. The normalized spacial score (nSPS) is 13.7. The monoisotopic (exact) mass is 491 g/mol. The number of hydrogen-bond donors (Lipinski definition) is 1. The Morgan fingerprint density at radius 1 is 1.17 bits per heavy atom. The van der Waals surface area contributed by atoms with E-state index in [0.717, 1.165) is 25.7 Å². The van der Waals surface area contributed by atoms with Crippen LogP contribution in [0.2, 0.25) is 0 Å². The lowest BCUT2D eigenvalue weighted by Crippen LogP contribution is -2.51. The van der Waals surface area contributed by atoms with Crippen LogP contribution in [0, 0.1) is 18.4 Å². The molecule has 0 fully saturated rings. The first kappa shape index (κ1) is 28.0. The molecule has 0 radical (unpaired) electrons. The van der Waals surface area contributed by atoms with Gasteiger partial charge in [0.15, 0.2) is 17.6 Å². The minimum atomic E-state index is -1.60. The lowest BCUT2D eigenvalue weighted by Gasteiger charge is -2.34. The molecular formula is C24H34FN5O5. The van der Waals surface area contributed by atoms with Crippen molar-refractivity contribution in [3.05, 3.63) is 12.4 Å². The van der Waals surface area contributed by atoms with Gasteiger partial charge in [-0.2, -0.15) is 14.4 Å². The Morgan fingerprint density at radius 3 is 2.54 bits per heavy atom. The van der Waals surface area contributed by atoms with Crippen LogP contribution in [0.5, 0.6) is 0 Å². The van der Waals surface area contributed by atoms with Gasteiger partial charge in [0.25, 0.3) is 0 Å². The SMILES string of the molecule is C#CC(COC(=O)CCCC)(OC)[C@H](Cn1cnc2c(N)nc(F)nc21)OC(=O)CCCCCC. The number of aromatic nitrogens is 4. The van der Waals surface area contributed by atoms with Gasteiger partial charge in [-0.25, -0.2) is 4.98 Å². The molecule has 0 aliphatic heterocycles. The van der Waals surface area contributed by atoms with Crippen LogP contribution < -0.4 is 5.73 Å². The van der Waals surface area contributed by atoms with Gasteiger partial charge >= 0.3 is 18.0 Å². The molecule has 10 nitrogen and oxygen atoms in total. The second-order valence-corrected chi connectivity index (χ2v) is 8.24. The van der Waals surface area contributed by atoms with E-state index in [1.54, 1.807) is 0 Å². The average molecular weight is 492 g/mol. The summed E-state index contributed by atoms with van der Waals surface area (Å²) >= 11 is 0. The zero-order valence-electron chi connectivity index (χ0n) is 20.6. The standard InChI is InChI=1S/C24H34FN5O5/c1-5-8-10-11-13-19(32)35-17(24(7-3,33-4)15-34-18(31)12-9-6-2)14-30-16-27-20-21(26)28-23(25)29-22(20)30/h3,16-17H,5-6,8-15H2,1-2,4H3,(H2,26,28,29)/t17-,24?/m0/s1. The molecule has 0 bridgehead atoms. The predicted octanol–water partition coefficient (Wildman–Crippen LogP) is 3.18. The van der Waals surface area contributed by atoms with Crippen LogP contribution in [0.1, 0.15) is 65.2 Å². The van der Waals surface area contributed by atoms with E-state index in [1.165, 1.54) is 18.0 Å². The number of esters is 2. The largest absolute Gasteiger partial charge is 0.461 e. The number of terminal acetylenes is 1. The maximum Gasteiger partial charge on any atom is 0.312 e. The first-order chi connectivity index (χ1) is 16.8. The number of unbranched alkanes of at least 4 members (excludes halogenated alkanes) is 4. The van der Waals surface area contributed by atoms with Crippen LogP contribution in [-0.2, 0) is 30.3 Å². The van der Waals surface area contributed by atoms with Crippen molar-refractivity contribution in [2.24, 2.45) is 0 Å². The molecule has 2 atom stereocenters. The van der Waals surface area contributed by atoms with Crippen molar-refractivity contribution >= 4 is 28.9 Å². The number of imidazole rings is 1. The highest BCUT2D eigenvalue weighted by atomic mass is 19.1. The van der Waals surface area contributed by atoms with Crippen LogP contribution in [0.25, 0.3) is 11.2 Å². The second kappa shape index (κ2) is 13.6. The smallest absolute Gasteiger partial charge is 0.312 e. The summed E-state index contributed by atoms with van der Waals surface area (Å²) in [6.45, 7) is 3.59. The van der Waals surface area contributed by atoms with Crippen LogP contribution in [0.3, 0.4) is 0 Å². The third-order valence-corrected chi connectivity index (χ3v) is 5.64. The summed E-state index contributed by atoms with van der Waals surface area (Å²) in [7, 11) is 1.34. The summed E-state index contributed by atoms with van der Waals surface area (Å²) in [6.07, 6.45) is 10.5. The summed E-state index contributed by atoms with van der Waals surface area (Å²) in [5.74, 6) is 1.45. The van der Waals surface area contributed by atoms with Crippen LogP contribution in [0.15, 0.2) is 6.33 Å². The Bertz CT molecular complexity index is 1040. The fraction of sp³-hybridized carbons (Fsp3) is 0.625. The highest BCUT2D eigenvalue weighted by Crippen LogP contribution is 2.25. The van der Waals surface area contributed by atoms with Gasteiger partial charge in [-0.05, 0) is 12.8 Å². The molecule has 0 aromatic carbocycles. The Labute approximate surface area is 204 Å². The minimum Gasteiger partial charge on any atom is -0.461 e. The molecule has 2 N–H and O–H groups in total. The number of carbonyl (C=O) groups excluding carboxylic acids is 2. The topological polar surface area (TPSA) is 131 Å². The molecule has 0 saturated heterocycles. The van der Waals surface area contributed by atoms with Gasteiger partial charge in [-0.15, -0.1) is 6.42 Å². The van der Waals surface area contributed by atoms with Crippen molar-refractivity contribution in [3.63, 3.8) is 0 Å². The van der Waals surface area contributed by atoms with Crippen LogP contribution in [0.4, 0.5) is 10.2 Å². The maximum absolute atomic E-state index is 13.8. The van der Waals surface area contributed by atoms with Crippen molar-refractivity contribution < 1.29 is 28.2 Å². The molecule has 11 heteroatoms. The molecule has 2 aromatic heterocycles. The lowest BCUT2D eigenvalue weighted by atomic mass is 9.97. The quantitative estimate of drug-likeness (QED) is 0.173. The molecule has 0 saturated carbocycles. The number of hydrogen-bond acceptors (Lipinski definition) is 9. The summed E-state index contributed by atoms with van der Waals surface area (Å²) in [6, 6.07) is 0. The van der Waals surface area contributed by atoms with E-state index in [1.807, 2.05) is 6.92 Å². The molecule has 1 unspecified atom stereocenters. The first-order valence-corrected chi connectivity index (χ1v) is 11.8. The number of halogens is 1. The van der Waals surface area contributed by atoms with E-state index in [2.05, 4.69) is 27.8 Å². The number of nitrogens with zero attached hydrogens (tertiary/aromatic N) is 4. The molecule has 0 spiro atoms. The predicted molar refractivity (Wildman–Crippen MR) is 127 cm³/mol. The van der Waals surface area contributed by atoms with Gasteiger partial charge in [0, 0.05) is 20.0 Å². The van der Waals surface area contributed by atoms with Gasteiger partial charge in [0.05, 0.1) is 12.9 Å². The number of ether oxygens (including phenoxy) is 3. The Kier molecular flexibility index (Phi) is 10.9. The molecule has 0 amide bonds. The van der Waals surface area contributed by atoms with Crippen molar-refractivity contribution in [1.82, 2.24) is 19.5 Å². The van der Waals surface area contributed by atoms with E-state index in [4.69, 9.17) is 26.4 Å². The van der Waals surface area contributed by atoms with Gasteiger partial charge in [-0.3, -0.25) is 9.59 Å². The molecule has 0 aliphatic carbocycles. The molecule has 2 rings (SSSR count). The van der Waals surface area contributed by atoms with Crippen LogP contribution in [-0.4, -0.2) is 56.9 Å². The molecule has 35 heavy (non-hydrogen) atoms. The Hall–Kier alpha value is -3.26. The van der Waals surface area contributed by atoms with E-state index in [9.17, 15) is 14.0 Å². The summed E-state index contributed by atoms with van der Waals surface area (Å²) in [5.41, 5.74) is 4.44. The van der Waals surface area contributed by atoms with E-state index < -0.39 is 29.7 Å². The number of anilines is 1. The maximum atomic E-state index is 13.8. The van der Waals surface area contributed by atoms with Gasteiger partial charge in [-0.1, -0.05) is 45.5 Å². The van der Waals surface area contributed by atoms with Crippen molar-refractivity contribution in [3.8, 4) is 12.3 Å². The molecule has 192 valence electrons. The Morgan fingerprint density at radius 2 is 1.89 bits per heavy atom. The lowest BCUT2D eigenvalue weighted by molar-refractivity contribution is -0.174. The zero-order valence-corrected chi connectivity index (χ0v) is 20.6. The van der Waals surface area contributed by atoms with Crippen molar-refractivity contribution in [2.45, 2.75) is 83.5 Å². The van der Waals surface area contributed by atoms with E-state index in [0.29, 0.717) is 12.8 Å². The minimum absolute atomic E-state index is 0.0981. The average Bonchev–Trinajstić information content (AvgIpc) is 3.24. The van der Waals surface area contributed by atoms with Crippen LogP contribution >= 0.6 is 0 Å².